The Hall–Kier alpha value is -7.17. The molecule has 1 unspecified atom stereocenters. The first-order valence-electron chi connectivity index (χ1n) is 24.5. The van der Waals surface area contributed by atoms with E-state index in [1.165, 1.54) is 28.8 Å². The summed E-state index contributed by atoms with van der Waals surface area (Å²) in [4.78, 5) is 78.8. The SMILES string of the molecule is Nc1ncc(-c2ccc(S(=O)(=O)N3CCN(CCc4cn(CCOCCOCCOCCOCCOCCNc5cccc6c5C(=O)N(C5CCC(=O)NC5=O)C6=O)nn4)CC3)cc2)nc1C(=O)Nc1cccnc1. The van der Waals surface area contributed by atoms with E-state index in [0.29, 0.717) is 141 Å². The first-order valence-corrected chi connectivity index (χ1v) is 25.9. The molecule has 3 aromatic heterocycles. The number of nitrogen functional groups attached to an aromatic ring is 1. The van der Waals surface area contributed by atoms with E-state index in [0.717, 1.165) is 10.6 Å². The molecule has 0 radical (unpaired) electrons. The van der Waals surface area contributed by atoms with E-state index in [9.17, 15) is 32.4 Å². The van der Waals surface area contributed by atoms with Crippen LogP contribution in [0.2, 0.25) is 0 Å². The molecular weight excluding hydrogens is 995 g/mol. The standard InChI is InChI=1S/C49H59N13O12S/c50-45-44(47(65)54-35-3-2-13-51-31-35)55-40(32-53-45)34-6-8-37(9-7-34)75(68,69)61-18-16-59(17-19-61)15-12-36-33-60(58-57-36)20-22-71-24-26-73-28-30-74-29-27-72-25-23-70-21-14-52-39-5-1-4-38-43(39)49(67)62(48(38)66)41-10-11-42(63)56-46(41)64/h1-9,13,31-33,41,52H,10-12,14-30H2,(H2,50,53)(H,54,65)(H,56,63,64). The zero-order chi connectivity index (χ0) is 52.6. The molecule has 2 fully saturated rings. The quantitative estimate of drug-likeness (QED) is 0.0403. The maximum absolute atomic E-state index is 13.6. The van der Waals surface area contributed by atoms with Gasteiger partial charge in [-0.25, -0.2) is 23.1 Å². The molecule has 1 atom stereocenters. The molecule has 26 heteroatoms. The molecule has 3 aliphatic heterocycles. The van der Waals surface area contributed by atoms with Gasteiger partial charge in [0.1, 0.15) is 6.04 Å². The minimum atomic E-state index is -3.75. The van der Waals surface area contributed by atoms with Gasteiger partial charge in [0.05, 0.1) is 118 Å². The van der Waals surface area contributed by atoms with Crippen molar-refractivity contribution < 1.29 is 56.1 Å². The average molecular weight is 1050 g/mol. The molecule has 5 N–H and O–H groups in total. The summed E-state index contributed by atoms with van der Waals surface area (Å²) in [7, 11) is -3.75. The number of anilines is 3. The summed E-state index contributed by atoms with van der Waals surface area (Å²) in [6.07, 6.45) is 7.21. The molecule has 5 aromatic rings. The van der Waals surface area contributed by atoms with E-state index in [2.05, 4.69) is 46.1 Å². The third-order valence-corrected chi connectivity index (χ3v) is 14.2. The summed E-state index contributed by atoms with van der Waals surface area (Å²) < 4.78 is 58.4. The number of aromatic nitrogens is 6. The van der Waals surface area contributed by atoms with Crippen LogP contribution in [0.3, 0.4) is 0 Å². The number of rotatable bonds is 28. The summed E-state index contributed by atoms with van der Waals surface area (Å²) in [6.45, 7) is 7.32. The highest BCUT2D eigenvalue weighted by Crippen LogP contribution is 2.32. The van der Waals surface area contributed by atoms with Crippen molar-refractivity contribution in [3.63, 3.8) is 0 Å². The van der Waals surface area contributed by atoms with Crippen LogP contribution in [-0.2, 0) is 56.3 Å². The fourth-order valence-electron chi connectivity index (χ4n) is 8.37. The van der Waals surface area contributed by atoms with E-state index in [1.54, 1.807) is 53.3 Å². The Morgan fingerprint density at radius 1 is 0.787 bits per heavy atom. The smallest absolute Gasteiger partial charge is 0.278 e. The molecule has 3 aliphatic rings. The normalized spacial score (nSPS) is 16.3. The summed E-state index contributed by atoms with van der Waals surface area (Å²) >= 11 is 0. The Morgan fingerprint density at radius 3 is 2.16 bits per heavy atom. The predicted octanol–water partition coefficient (Wildman–Crippen LogP) is 1.11. The Bertz CT molecular complexity index is 2890. The first kappa shape index (κ1) is 54.1. The van der Waals surface area contributed by atoms with Gasteiger partial charge in [0.2, 0.25) is 21.8 Å². The zero-order valence-corrected chi connectivity index (χ0v) is 42.0. The van der Waals surface area contributed by atoms with Crippen molar-refractivity contribution >= 4 is 56.8 Å². The second kappa shape index (κ2) is 26.4. The summed E-state index contributed by atoms with van der Waals surface area (Å²) in [6, 6.07) is 13.5. The fraction of sp³-hybridized carbons (Fsp3) is 0.429. The number of amides is 5. The molecule has 8 rings (SSSR count). The predicted molar refractivity (Wildman–Crippen MR) is 269 cm³/mol. The van der Waals surface area contributed by atoms with Gasteiger partial charge in [-0.05, 0) is 42.8 Å². The Balaban J connectivity index is 0.612. The number of benzene rings is 2. The lowest BCUT2D eigenvalue weighted by Crippen LogP contribution is -2.54. The minimum Gasteiger partial charge on any atom is -0.382 e. The van der Waals surface area contributed by atoms with Gasteiger partial charge in [0, 0.05) is 75.8 Å². The average Bonchev–Trinajstić information content (AvgIpc) is 3.98. The molecule has 2 aromatic carbocycles. The molecule has 398 valence electrons. The number of imide groups is 2. The van der Waals surface area contributed by atoms with E-state index in [4.69, 9.17) is 29.4 Å². The lowest BCUT2D eigenvalue weighted by Gasteiger charge is -2.33. The fourth-order valence-corrected chi connectivity index (χ4v) is 9.79. The molecule has 0 aliphatic carbocycles. The topological polar surface area (TPSA) is 307 Å². The highest BCUT2D eigenvalue weighted by atomic mass is 32.2. The number of fused-ring (bicyclic) bond motifs is 1. The second-order valence-corrected chi connectivity index (χ2v) is 19.3. The minimum absolute atomic E-state index is 0.0415. The second-order valence-electron chi connectivity index (χ2n) is 17.3. The molecule has 75 heavy (non-hydrogen) atoms. The van der Waals surface area contributed by atoms with Crippen molar-refractivity contribution in [1.82, 2.24) is 49.4 Å². The van der Waals surface area contributed by atoms with Crippen LogP contribution in [0.4, 0.5) is 17.2 Å². The monoisotopic (exact) mass is 1050 g/mol. The number of ether oxygens (including phenoxy) is 5. The molecular formula is C49H59N13O12S. The van der Waals surface area contributed by atoms with Crippen molar-refractivity contribution in [2.24, 2.45) is 0 Å². The van der Waals surface area contributed by atoms with Gasteiger partial charge in [-0.15, -0.1) is 5.10 Å². The molecule has 0 spiro atoms. The third-order valence-electron chi connectivity index (χ3n) is 12.3. The van der Waals surface area contributed by atoms with Gasteiger partial charge in [0.15, 0.2) is 11.5 Å². The highest BCUT2D eigenvalue weighted by molar-refractivity contribution is 7.89. The number of nitrogens with two attached hydrogens (primary N) is 1. The highest BCUT2D eigenvalue weighted by Gasteiger charge is 2.45. The van der Waals surface area contributed by atoms with Crippen molar-refractivity contribution in [2.45, 2.75) is 36.7 Å². The van der Waals surface area contributed by atoms with Crippen molar-refractivity contribution in [3.8, 4) is 11.3 Å². The number of sulfonamides is 1. The maximum Gasteiger partial charge on any atom is 0.278 e. The first-order chi connectivity index (χ1) is 36.5. The van der Waals surface area contributed by atoms with E-state index < -0.39 is 45.6 Å². The number of hydrogen-bond donors (Lipinski definition) is 4. The van der Waals surface area contributed by atoms with E-state index in [-0.39, 0.29) is 40.4 Å². The number of piperazine rings is 1. The van der Waals surface area contributed by atoms with Crippen molar-refractivity contribution in [3.05, 3.63) is 102 Å². The van der Waals surface area contributed by atoms with Crippen LogP contribution in [0.25, 0.3) is 11.3 Å². The molecule has 0 bridgehead atoms. The molecule has 25 nitrogen and oxygen atoms in total. The van der Waals surface area contributed by atoms with Gasteiger partial charge in [-0.3, -0.25) is 39.2 Å². The van der Waals surface area contributed by atoms with Crippen LogP contribution in [0, 0.1) is 0 Å². The molecule has 6 heterocycles. The largest absolute Gasteiger partial charge is 0.382 e. The van der Waals surface area contributed by atoms with Crippen LogP contribution < -0.4 is 21.7 Å². The number of piperidine rings is 1. The molecule has 2 saturated heterocycles. The number of hydrogen-bond acceptors (Lipinski definition) is 20. The van der Waals surface area contributed by atoms with Crippen molar-refractivity contribution in [2.75, 3.05) is 122 Å². The van der Waals surface area contributed by atoms with Gasteiger partial charge >= 0.3 is 0 Å². The number of carbonyl (C=O) groups is 5. The van der Waals surface area contributed by atoms with Crippen LogP contribution in [-0.4, -0.2) is 193 Å². The van der Waals surface area contributed by atoms with Crippen LogP contribution in [0.15, 0.2) is 84.3 Å². The number of nitrogens with one attached hydrogen (secondary N) is 3. The lowest BCUT2D eigenvalue weighted by atomic mass is 10.0. The summed E-state index contributed by atoms with van der Waals surface area (Å²) in [5.74, 6) is -2.80. The van der Waals surface area contributed by atoms with Gasteiger partial charge < -0.3 is 45.0 Å². The summed E-state index contributed by atoms with van der Waals surface area (Å²) in [5.41, 5.74) is 9.00. The number of pyridine rings is 1. The summed E-state index contributed by atoms with van der Waals surface area (Å²) in [5, 5.41) is 16.5. The van der Waals surface area contributed by atoms with Gasteiger partial charge in [-0.1, -0.05) is 23.4 Å². The third kappa shape index (κ3) is 14.4. The lowest BCUT2D eigenvalue weighted by molar-refractivity contribution is -0.136. The molecule has 5 amide bonds. The zero-order valence-electron chi connectivity index (χ0n) is 41.1. The Labute approximate surface area is 432 Å². The van der Waals surface area contributed by atoms with Crippen LogP contribution in [0.1, 0.15) is 49.7 Å². The molecule has 0 saturated carbocycles. The van der Waals surface area contributed by atoms with Gasteiger partial charge in [0.25, 0.3) is 17.7 Å². The van der Waals surface area contributed by atoms with E-state index in [1.807, 2.05) is 6.20 Å². The van der Waals surface area contributed by atoms with Crippen LogP contribution >= 0.6 is 0 Å². The van der Waals surface area contributed by atoms with Crippen LogP contribution in [0.5, 0.6) is 0 Å². The number of nitrogens with zero attached hydrogens (tertiary/aromatic N) is 9. The van der Waals surface area contributed by atoms with Gasteiger partial charge in [-0.2, -0.15) is 4.31 Å². The number of carbonyl (C=O) groups excluding carboxylic acids is 5. The van der Waals surface area contributed by atoms with E-state index >= 15 is 0 Å². The maximum atomic E-state index is 13.6. The Morgan fingerprint density at radius 2 is 1.48 bits per heavy atom. The van der Waals surface area contributed by atoms with Crippen molar-refractivity contribution in [1.29, 1.82) is 0 Å². The Kier molecular flexibility index (Phi) is 19.0.